The van der Waals surface area contributed by atoms with Crippen LogP contribution in [0, 0.1) is 0 Å². The van der Waals surface area contributed by atoms with E-state index in [0.29, 0.717) is 19.7 Å². The maximum absolute atomic E-state index is 11.7. The Bertz CT molecular complexity index is 512. The maximum atomic E-state index is 11.7. The molecular weight excluding hydrogens is 268 g/mol. The van der Waals surface area contributed by atoms with Crippen molar-refractivity contribution in [2.45, 2.75) is 25.5 Å². The van der Waals surface area contributed by atoms with Crippen molar-refractivity contribution < 1.29 is 14.6 Å². The second-order valence-corrected chi connectivity index (χ2v) is 5.64. The predicted octanol–water partition coefficient (Wildman–Crippen LogP) is 1.42. The number of benzene rings is 1. The second-order valence-electron chi connectivity index (χ2n) is 5.64. The van der Waals surface area contributed by atoms with Gasteiger partial charge in [-0.15, -0.1) is 0 Å². The average molecular weight is 290 g/mol. The van der Waals surface area contributed by atoms with E-state index >= 15 is 0 Å². The summed E-state index contributed by atoms with van der Waals surface area (Å²) < 4.78 is 5.03. The van der Waals surface area contributed by atoms with Crippen molar-refractivity contribution in [2.24, 2.45) is 0 Å². The van der Waals surface area contributed by atoms with Gasteiger partial charge in [0.05, 0.1) is 12.7 Å². The molecule has 0 spiro atoms. The van der Waals surface area contributed by atoms with Gasteiger partial charge in [-0.25, -0.2) is 4.79 Å². The number of hydrogen-bond acceptors (Lipinski definition) is 4. The van der Waals surface area contributed by atoms with Crippen LogP contribution in [-0.2, 0) is 11.2 Å². The number of rotatable bonds is 2. The summed E-state index contributed by atoms with van der Waals surface area (Å²) in [6.07, 6.45) is 0.235. The zero-order chi connectivity index (χ0) is 14.8. The van der Waals surface area contributed by atoms with Crippen molar-refractivity contribution in [1.29, 1.82) is 0 Å². The van der Waals surface area contributed by atoms with Crippen molar-refractivity contribution in [1.82, 2.24) is 9.80 Å². The van der Waals surface area contributed by atoms with Crippen LogP contribution in [0.4, 0.5) is 4.79 Å². The normalized spacial score (nSPS) is 25.7. The molecule has 5 nitrogen and oxygen atoms in total. The Balaban J connectivity index is 1.60. The Hall–Kier alpha value is -1.59. The first-order chi connectivity index (χ1) is 10.2. The molecule has 0 aromatic heterocycles. The summed E-state index contributed by atoms with van der Waals surface area (Å²) in [4.78, 5) is 15.7. The quantitative estimate of drug-likeness (QED) is 0.895. The molecule has 1 saturated heterocycles. The van der Waals surface area contributed by atoms with Gasteiger partial charge in [0, 0.05) is 32.2 Å². The molecule has 2 unspecified atom stereocenters. The first kappa shape index (κ1) is 14.4. The molecule has 1 fully saturated rings. The van der Waals surface area contributed by atoms with Gasteiger partial charge in [-0.3, -0.25) is 4.90 Å². The lowest BCUT2D eigenvalue weighted by molar-refractivity contribution is 0.0240. The van der Waals surface area contributed by atoms with Gasteiger partial charge in [-0.05, 0) is 24.5 Å². The lowest BCUT2D eigenvalue weighted by Gasteiger charge is -2.38. The summed E-state index contributed by atoms with van der Waals surface area (Å²) in [6.45, 7) is 5.13. The Morgan fingerprint density at radius 1 is 1.29 bits per heavy atom. The number of aliphatic hydroxyl groups is 1. The number of piperazine rings is 1. The lowest BCUT2D eigenvalue weighted by atomic mass is 10.1. The molecule has 1 aromatic rings. The number of nitrogens with zero attached hydrogens (tertiary/aromatic N) is 2. The highest BCUT2D eigenvalue weighted by Crippen LogP contribution is 2.34. The molecule has 1 aliphatic carbocycles. The van der Waals surface area contributed by atoms with Gasteiger partial charge < -0.3 is 14.7 Å². The third-order valence-corrected chi connectivity index (χ3v) is 4.48. The van der Waals surface area contributed by atoms with Crippen molar-refractivity contribution >= 4 is 6.09 Å². The van der Waals surface area contributed by atoms with Crippen LogP contribution in [0.15, 0.2) is 24.3 Å². The molecule has 5 heteroatoms. The number of hydrogen-bond donors (Lipinski definition) is 1. The van der Waals surface area contributed by atoms with Gasteiger partial charge in [0.2, 0.25) is 0 Å². The zero-order valence-corrected chi connectivity index (χ0v) is 12.4. The number of carbonyl (C=O) groups is 1. The van der Waals surface area contributed by atoms with E-state index in [-0.39, 0.29) is 12.1 Å². The monoisotopic (exact) mass is 290 g/mol. The highest BCUT2D eigenvalue weighted by molar-refractivity contribution is 5.67. The third kappa shape index (κ3) is 2.76. The van der Waals surface area contributed by atoms with Crippen LogP contribution in [0.2, 0.25) is 0 Å². The predicted molar refractivity (Wildman–Crippen MR) is 79.1 cm³/mol. The van der Waals surface area contributed by atoms with E-state index < -0.39 is 6.10 Å². The molecule has 0 bridgehead atoms. The van der Waals surface area contributed by atoms with Gasteiger partial charge in [0.25, 0.3) is 0 Å². The van der Waals surface area contributed by atoms with Gasteiger partial charge >= 0.3 is 6.09 Å². The van der Waals surface area contributed by atoms with Crippen molar-refractivity contribution in [2.75, 3.05) is 32.8 Å². The molecule has 1 aliphatic heterocycles. The molecule has 1 aromatic carbocycles. The summed E-state index contributed by atoms with van der Waals surface area (Å²) >= 11 is 0. The van der Waals surface area contributed by atoms with E-state index in [9.17, 15) is 9.90 Å². The number of carbonyl (C=O) groups excluding carboxylic acids is 1. The van der Waals surface area contributed by atoms with Crippen LogP contribution in [0.25, 0.3) is 0 Å². The largest absolute Gasteiger partial charge is 0.450 e. The van der Waals surface area contributed by atoms with E-state index in [0.717, 1.165) is 25.1 Å². The SMILES string of the molecule is CCOC(=O)N1CCN(C2Cc3ccccc3C2O)CC1. The molecule has 1 N–H and O–H groups in total. The summed E-state index contributed by atoms with van der Waals surface area (Å²) in [7, 11) is 0. The van der Waals surface area contributed by atoms with Crippen LogP contribution < -0.4 is 0 Å². The molecule has 3 rings (SSSR count). The van der Waals surface area contributed by atoms with Crippen LogP contribution >= 0.6 is 0 Å². The minimum atomic E-state index is -0.421. The molecular formula is C16H22N2O3. The summed E-state index contributed by atoms with van der Waals surface area (Å²) in [5.74, 6) is 0. The second kappa shape index (κ2) is 6.03. The fourth-order valence-corrected chi connectivity index (χ4v) is 3.33. The molecule has 114 valence electrons. The fraction of sp³-hybridized carbons (Fsp3) is 0.562. The van der Waals surface area contributed by atoms with Crippen LogP contribution in [0.3, 0.4) is 0 Å². The van der Waals surface area contributed by atoms with Crippen LogP contribution in [0.5, 0.6) is 0 Å². The van der Waals surface area contributed by atoms with Gasteiger partial charge in [-0.2, -0.15) is 0 Å². The van der Waals surface area contributed by atoms with E-state index in [4.69, 9.17) is 4.74 Å². The Morgan fingerprint density at radius 2 is 2.00 bits per heavy atom. The average Bonchev–Trinajstić information content (AvgIpc) is 2.85. The molecule has 0 saturated carbocycles. The smallest absolute Gasteiger partial charge is 0.409 e. The maximum Gasteiger partial charge on any atom is 0.409 e. The number of ether oxygens (including phenoxy) is 1. The Kier molecular flexibility index (Phi) is 4.12. The minimum Gasteiger partial charge on any atom is -0.450 e. The highest BCUT2D eigenvalue weighted by atomic mass is 16.6. The number of aliphatic hydroxyl groups excluding tert-OH is 1. The molecule has 2 atom stereocenters. The van der Waals surface area contributed by atoms with E-state index in [1.165, 1.54) is 5.56 Å². The van der Waals surface area contributed by atoms with Crippen LogP contribution in [-0.4, -0.2) is 59.8 Å². The first-order valence-corrected chi connectivity index (χ1v) is 7.62. The van der Waals surface area contributed by atoms with Gasteiger partial charge in [0.15, 0.2) is 0 Å². The molecule has 1 amide bonds. The van der Waals surface area contributed by atoms with E-state index in [2.05, 4.69) is 11.0 Å². The molecule has 2 aliphatic rings. The minimum absolute atomic E-state index is 0.131. The lowest BCUT2D eigenvalue weighted by Crippen LogP contribution is -2.53. The summed E-state index contributed by atoms with van der Waals surface area (Å²) in [6, 6.07) is 8.23. The van der Waals surface area contributed by atoms with Crippen molar-refractivity contribution in [3.63, 3.8) is 0 Å². The van der Waals surface area contributed by atoms with Crippen molar-refractivity contribution in [3.05, 3.63) is 35.4 Å². The highest BCUT2D eigenvalue weighted by Gasteiger charge is 2.36. The summed E-state index contributed by atoms with van der Waals surface area (Å²) in [5.41, 5.74) is 2.29. The standard InChI is InChI=1S/C16H22N2O3/c1-2-21-16(20)18-9-7-17(8-10-18)14-11-12-5-3-4-6-13(12)15(14)19/h3-6,14-15,19H,2,7-11H2,1H3. The molecule has 21 heavy (non-hydrogen) atoms. The van der Waals surface area contributed by atoms with E-state index in [1.807, 2.05) is 25.1 Å². The van der Waals surface area contributed by atoms with Crippen molar-refractivity contribution in [3.8, 4) is 0 Å². The zero-order valence-electron chi connectivity index (χ0n) is 12.4. The van der Waals surface area contributed by atoms with E-state index in [1.54, 1.807) is 4.90 Å². The topological polar surface area (TPSA) is 53.0 Å². The Labute approximate surface area is 125 Å². The molecule has 0 radical (unpaired) electrons. The fourth-order valence-electron chi connectivity index (χ4n) is 3.33. The molecule has 1 heterocycles. The number of amides is 1. The van der Waals surface area contributed by atoms with Gasteiger partial charge in [-0.1, -0.05) is 24.3 Å². The third-order valence-electron chi connectivity index (χ3n) is 4.48. The number of fused-ring (bicyclic) bond motifs is 1. The summed E-state index contributed by atoms with van der Waals surface area (Å²) in [5, 5.41) is 10.5. The van der Waals surface area contributed by atoms with Crippen LogP contribution in [0.1, 0.15) is 24.2 Å². The van der Waals surface area contributed by atoms with Gasteiger partial charge in [0.1, 0.15) is 0 Å². The Morgan fingerprint density at radius 3 is 2.67 bits per heavy atom. The first-order valence-electron chi connectivity index (χ1n) is 7.62.